The average molecular weight is 181 g/mol. The number of hydrogen-bond acceptors (Lipinski definition) is 3. The van der Waals surface area contributed by atoms with E-state index < -0.39 is 0 Å². The first-order chi connectivity index (χ1) is 5.81. The summed E-state index contributed by atoms with van der Waals surface area (Å²) < 4.78 is 0. The van der Waals surface area contributed by atoms with Gasteiger partial charge in [0, 0.05) is 6.42 Å². The molecule has 0 radical (unpaired) electrons. The van der Waals surface area contributed by atoms with E-state index in [4.69, 9.17) is 0 Å². The number of fused-ring (bicyclic) bond motifs is 1. The lowest BCUT2D eigenvalue weighted by atomic mass is 10.0. The van der Waals surface area contributed by atoms with Gasteiger partial charge in [-0.2, -0.15) is 0 Å². The van der Waals surface area contributed by atoms with Crippen LogP contribution in [-0.2, 0) is 12.8 Å². The minimum Gasteiger partial charge on any atom is -0.293 e. The maximum Gasteiger partial charge on any atom is 0.174 e. The van der Waals surface area contributed by atoms with Gasteiger partial charge in [0.15, 0.2) is 5.78 Å². The number of aromatic nitrogens is 1. The van der Waals surface area contributed by atoms with Crippen molar-refractivity contribution in [2.75, 3.05) is 0 Å². The summed E-state index contributed by atoms with van der Waals surface area (Å²) in [5, 5.41) is 1.11. The quantitative estimate of drug-likeness (QED) is 0.665. The zero-order chi connectivity index (χ0) is 8.55. The second kappa shape index (κ2) is 2.98. The number of aryl methyl sites for hydroxylation is 2. The highest BCUT2D eigenvalue weighted by molar-refractivity contribution is 7.13. The molecule has 12 heavy (non-hydrogen) atoms. The van der Waals surface area contributed by atoms with Gasteiger partial charge in [-0.3, -0.25) is 4.79 Å². The third-order valence-electron chi connectivity index (χ3n) is 2.11. The zero-order valence-electron chi connectivity index (χ0n) is 7.09. The number of ketones is 1. The monoisotopic (exact) mass is 181 g/mol. The Hall–Kier alpha value is -0.700. The molecule has 1 aromatic heterocycles. The van der Waals surface area contributed by atoms with Gasteiger partial charge in [0.25, 0.3) is 0 Å². The van der Waals surface area contributed by atoms with Gasteiger partial charge < -0.3 is 0 Å². The highest BCUT2D eigenvalue weighted by atomic mass is 32.1. The van der Waals surface area contributed by atoms with Crippen LogP contribution in [0.3, 0.4) is 0 Å². The van der Waals surface area contributed by atoms with Crippen LogP contribution in [0.4, 0.5) is 0 Å². The van der Waals surface area contributed by atoms with E-state index in [0.29, 0.717) is 5.78 Å². The fraction of sp³-hybridized carbons (Fsp3) is 0.556. The Kier molecular flexibility index (Phi) is 1.97. The standard InChI is InChI=1S/C9H11NOS/c1-2-8-10-6-4-3-5-7(11)9(6)12-8/h2-5H2,1H3. The lowest BCUT2D eigenvalue weighted by Crippen LogP contribution is -2.07. The summed E-state index contributed by atoms with van der Waals surface area (Å²) in [4.78, 5) is 16.7. The van der Waals surface area contributed by atoms with E-state index in [2.05, 4.69) is 11.9 Å². The van der Waals surface area contributed by atoms with Crippen LogP contribution >= 0.6 is 11.3 Å². The van der Waals surface area contributed by atoms with Crippen LogP contribution in [0, 0.1) is 0 Å². The van der Waals surface area contributed by atoms with E-state index >= 15 is 0 Å². The first-order valence-corrected chi connectivity index (χ1v) is 5.14. The predicted molar refractivity (Wildman–Crippen MR) is 48.8 cm³/mol. The molecule has 64 valence electrons. The second-order valence-electron chi connectivity index (χ2n) is 3.01. The van der Waals surface area contributed by atoms with Crippen molar-refractivity contribution in [3.05, 3.63) is 15.6 Å². The summed E-state index contributed by atoms with van der Waals surface area (Å²) in [6, 6.07) is 0. The highest BCUT2D eigenvalue weighted by Crippen LogP contribution is 2.26. The fourth-order valence-corrected chi connectivity index (χ4v) is 2.49. The molecule has 1 aliphatic rings. The van der Waals surface area contributed by atoms with Crippen LogP contribution in [0.2, 0.25) is 0 Å². The molecule has 2 nitrogen and oxygen atoms in total. The molecule has 0 saturated carbocycles. The first kappa shape index (κ1) is 7.92. The predicted octanol–water partition coefficient (Wildman–Crippen LogP) is 2.22. The lowest BCUT2D eigenvalue weighted by molar-refractivity contribution is 0.0976. The van der Waals surface area contributed by atoms with Crippen molar-refractivity contribution in [2.45, 2.75) is 32.6 Å². The summed E-state index contributed by atoms with van der Waals surface area (Å²) in [6.07, 6.45) is 3.65. The van der Waals surface area contributed by atoms with Crippen LogP contribution in [-0.4, -0.2) is 10.8 Å². The summed E-state index contributed by atoms with van der Waals surface area (Å²) in [5.41, 5.74) is 1.05. The molecular weight excluding hydrogens is 170 g/mol. The van der Waals surface area contributed by atoms with Gasteiger partial charge in [-0.15, -0.1) is 11.3 Å². The fourth-order valence-electron chi connectivity index (χ4n) is 1.47. The van der Waals surface area contributed by atoms with Gasteiger partial charge in [0.1, 0.15) is 0 Å². The molecule has 0 atom stereocenters. The molecular formula is C9H11NOS. The third kappa shape index (κ3) is 1.18. The average Bonchev–Trinajstić information content (AvgIpc) is 2.49. The molecule has 0 N–H and O–H groups in total. The lowest BCUT2D eigenvalue weighted by Gasteiger charge is -2.06. The van der Waals surface area contributed by atoms with Gasteiger partial charge >= 0.3 is 0 Å². The third-order valence-corrected chi connectivity index (χ3v) is 3.40. The number of nitrogens with zero attached hydrogens (tertiary/aromatic N) is 1. The Labute approximate surface area is 75.6 Å². The largest absolute Gasteiger partial charge is 0.293 e. The van der Waals surface area contributed by atoms with Gasteiger partial charge in [0.2, 0.25) is 0 Å². The van der Waals surface area contributed by atoms with E-state index in [1.54, 1.807) is 11.3 Å². The van der Waals surface area contributed by atoms with Crippen molar-refractivity contribution in [1.29, 1.82) is 0 Å². The van der Waals surface area contributed by atoms with Crippen molar-refractivity contribution in [2.24, 2.45) is 0 Å². The van der Waals surface area contributed by atoms with Crippen molar-refractivity contribution in [3.8, 4) is 0 Å². The summed E-state index contributed by atoms with van der Waals surface area (Å²) in [7, 11) is 0. The van der Waals surface area contributed by atoms with E-state index in [9.17, 15) is 4.79 Å². The zero-order valence-corrected chi connectivity index (χ0v) is 7.91. The van der Waals surface area contributed by atoms with Crippen molar-refractivity contribution >= 4 is 17.1 Å². The SMILES string of the molecule is CCc1nc2c(s1)C(=O)CCC2. The Morgan fingerprint density at radius 3 is 3.00 bits per heavy atom. The van der Waals surface area contributed by atoms with Crippen molar-refractivity contribution in [3.63, 3.8) is 0 Å². The summed E-state index contributed by atoms with van der Waals surface area (Å²) in [6.45, 7) is 2.08. The molecule has 0 unspecified atom stereocenters. The van der Waals surface area contributed by atoms with Crippen LogP contribution in [0.1, 0.15) is 40.1 Å². The second-order valence-corrected chi connectivity index (χ2v) is 4.10. The molecule has 0 aliphatic heterocycles. The molecule has 3 heteroatoms. The Morgan fingerprint density at radius 1 is 1.50 bits per heavy atom. The number of carbonyl (C=O) groups excluding carboxylic acids is 1. The molecule has 0 spiro atoms. The minimum atomic E-state index is 0.299. The Bertz CT molecular complexity index is 316. The van der Waals surface area contributed by atoms with E-state index in [1.807, 2.05) is 0 Å². The Balaban J connectivity index is 2.43. The van der Waals surface area contributed by atoms with Crippen LogP contribution in [0.25, 0.3) is 0 Å². The maximum atomic E-state index is 11.4. The molecule has 1 aromatic rings. The molecule has 1 heterocycles. The highest BCUT2D eigenvalue weighted by Gasteiger charge is 2.21. The number of carbonyl (C=O) groups is 1. The van der Waals surface area contributed by atoms with Crippen LogP contribution in [0.5, 0.6) is 0 Å². The molecule has 0 amide bonds. The van der Waals surface area contributed by atoms with Crippen LogP contribution in [0.15, 0.2) is 0 Å². The molecule has 0 saturated heterocycles. The van der Waals surface area contributed by atoms with E-state index in [0.717, 1.165) is 41.3 Å². The number of Topliss-reactive ketones (excluding diaryl/α,β-unsaturated/α-hetero) is 1. The van der Waals surface area contributed by atoms with Gasteiger partial charge in [0.05, 0.1) is 15.6 Å². The van der Waals surface area contributed by atoms with E-state index in [1.165, 1.54) is 0 Å². The molecule has 0 aromatic carbocycles. The molecule has 0 bridgehead atoms. The van der Waals surface area contributed by atoms with E-state index in [-0.39, 0.29) is 0 Å². The molecule has 1 aliphatic carbocycles. The summed E-state index contributed by atoms with van der Waals surface area (Å²) >= 11 is 1.58. The minimum absolute atomic E-state index is 0.299. The van der Waals surface area contributed by atoms with Crippen LogP contribution < -0.4 is 0 Å². The maximum absolute atomic E-state index is 11.4. The normalized spacial score (nSPS) is 16.2. The van der Waals surface area contributed by atoms with Crippen molar-refractivity contribution in [1.82, 2.24) is 4.98 Å². The topological polar surface area (TPSA) is 30.0 Å². The molecule has 0 fully saturated rings. The Morgan fingerprint density at radius 2 is 2.33 bits per heavy atom. The number of hydrogen-bond donors (Lipinski definition) is 0. The summed E-state index contributed by atoms with van der Waals surface area (Å²) in [5.74, 6) is 0.299. The number of thiazole rings is 1. The smallest absolute Gasteiger partial charge is 0.174 e. The molecule has 2 rings (SSSR count). The van der Waals surface area contributed by atoms with Gasteiger partial charge in [-0.05, 0) is 19.3 Å². The van der Waals surface area contributed by atoms with Crippen molar-refractivity contribution < 1.29 is 4.79 Å². The first-order valence-electron chi connectivity index (χ1n) is 4.33. The number of rotatable bonds is 1. The van der Waals surface area contributed by atoms with Gasteiger partial charge in [-0.25, -0.2) is 4.98 Å². The van der Waals surface area contributed by atoms with Gasteiger partial charge in [-0.1, -0.05) is 6.92 Å².